The second-order valence-electron chi connectivity index (χ2n) is 10.2. The lowest BCUT2D eigenvalue weighted by atomic mass is 9.88. The molecule has 0 atom stereocenters. The molecule has 8 heteroatoms. The van der Waals surface area contributed by atoms with Gasteiger partial charge in [-0.05, 0) is 69.0 Å². The van der Waals surface area contributed by atoms with E-state index < -0.39 is 0 Å². The molecule has 2 aromatic heterocycles. The molecule has 3 aromatic rings. The maximum atomic E-state index is 12.2. The van der Waals surface area contributed by atoms with Gasteiger partial charge in [-0.15, -0.1) is 0 Å². The van der Waals surface area contributed by atoms with Crippen LogP contribution in [0.25, 0.3) is 16.6 Å². The van der Waals surface area contributed by atoms with Crippen LogP contribution in [0, 0.1) is 0 Å². The number of methoxy groups -OCH3 is 1. The first kappa shape index (κ1) is 24.6. The summed E-state index contributed by atoms with van der Waals surface area (Å²) >= 11 is 0. The van der Waals surface area contributed by atoms with Crippen LogP contribution in [-0.4, -0.2) is 84.6 Å². The zero-order chi connectivity index (χ0) is 25.1. The number of carbonyl (C=O) groups is 1. The first-order valence-electron chi connectivity index (χ1n) is 13.1. The molecule has 2 fully saturated rings. The highest BCUT2D eigenvalue weighted by Gasteiger charge is 2.24. The van der Waals surface area contributed by atoms with Gasteiger partial charge in [0.05, 0.1) is 11.2 Å². The molecule has 8 nitrogen and oxygen atoms in total. The Kier molecular flexibility index (Phi) is 7.43. The van der Waals surface area contributed by atoms with Crippen molar-refractivity contribution in [3.8, 4) is 11.1 Å². The summed E-state index contributed by atoms with van der Waals surface area (Å²) in [7, 11) is 1.57. The van der Waals surface area contributed by atoms with Gasteiger partial charge in [-0.3, -0.25) is 0 Å². The number of anilines is 1. The van der Waals surface area contributed by atoms with Gasteiger partial charge in [0.2, 0.25) is 0 Å². The molecule has 1 N–H and O–H groups in total. The SMILES string of the molecule is COCNC(=O)N1CCN(c2ccnn3cc(-c4ccc(C5CCN(C(C)C)CC5)cc4)cc23)CC1. The zero-order valence-electron chi connectivity index (χ0n) is 21.7. The lowest BCUT2D eigenvalue weighted by Crippen LogP contribution is -2.52. The first-order chi connectivity index (χ1) is 17.5. The average Bonchev–Trinajstić information content (AvgIpc) is 3.36. The Bertz CT molecular complexity index is 1160. The van der Waals surface area contributed by atoms with Crippen LogP contribution >= 0.6 is 0 Å². The van der Waals surface area contributed by atoms with Crippen LogP contribution in [0.3, 0.4) is 0 Å². The number of hydrogen-bond acceptors (Lipinski definition) is 5. The van der Waals surface area contributed by atoms with Crippen LogP contribution in [0.2, 0.25) is 0 Å². The minimum Gasteiger partial charge on any atom is -0.366 e. The van der Waals surface area contributed by atoms with E-state index in [1.54, 1.807) is 7.11 Å². The van der Waals surface area contributed by atoms with Crippen molar-refractivity contribution in [1.29, 1.82) is 0 Å². The van der Waals surface area contributed by atoms with Crippen molar-refractivity contribution in [2.24, 2.45) is 0 Å². The van der Waals surface area contributed by atoms with Gasteiger partial charge in [-0.1, -0.05) is 24.3 Å². The molecule has 0 bridgehead atoms. The van der Waals surface area contributed by atoms with Gasteiger partial charge in [0, 0.05) is 57.3 Å². The molecule has 36 heavy (non-hydrogen) atoms. The average molecular weight is 491 g/mol. The maximum Gasteiger partial charge on any atom is 0.319 e. The van der Waals surface area contributed by atoms with Gasteiger partial charge in [0.25, 0.3) is 0 Å². The lowest BCUT2D eigenvalue weighted by Gasteiger charge is -2.36. The summed E-state index contributed by atoms with van der Waals surface area (Å²) in [6, 6.07) is 14.0. The van der Waals surface area contributed by atoms with Crippen molar-refractivity contribution >= 4 is 17.2 Å². The van der Waals surface area contributed by atoms with Crippen LogP contribution in [0.4, 0.5) is 10.5 Å². The van der Waals surface area contributed by atoms with Crippen LogP contribution in [0.1, 0.15) is 38.2 Å². The maximum absolute atomic E-state index is 12.2. The Balaban J connectivity index is 1.27. The van der Waals surface area contributed by atoms with E-state index in [-0.39, 0.29) is 12.8 Å². The minimum atomic E-state index is -0.0738. The molecular weight excluding hydrogens is 452 g/mol. The van der Waals surface area contributed by atoms with E-state index in [1.165, 1.54) is 42.6 Å². The molecule has 2 saturated heterocycles. The number of urea groups is 1. The number of aromatic nitrogens is 2. The highest BCUT2D eigenvalue weighted by molar-refractivity contribution is 5.80. The summed E-state index contributed by atoms with van der Waals surface area (Å²) in [6.45, 7) is 10.1. The second kappa shape index (κ2) is 10.9. The van der Waals surface area contributed by atoms with Crippen molar-refractivity contribution < 1.29 is 9.53 Å². The van der Waals surface area contributed by atoms with E-state index in [0.717, 1.165) is 24.3 Å². The Hall–Kier alpha value is -3.10. The molecular formula is C28H38N6O2. The molecule has 0 aliphatic carbocycles. The number of benzene rings is 1. The number of ether oxygens (including phenoxy) is 1. The molecule has 0 spiro atoms. The predicted molar refractivity (Wildman–Crippen MR) is 144 cm³/mol. The van der Waals surface area contributed by atoms with Crippen molar-refractivity contribution in [2.75, 3.05) is 58.0 Å². The summed E-state index contributed by atoms with van der Waals surface area (Å²) < 4.78 is 6.92. The quantitative estimate of drug-likeness (QED) is 0.529. The fourth-order valence-corrected chi connectivity index (χ4v) is 5.52. The van der Waals surface area contributed by atoms with E-state index in [9.17, 15) is 4.79 Å². The lowest BCUT2D eigenvalue weighted by molar-refractivity contribution is 0.152. The van der Waals surface area contributed by atoms with Crippen LogP contribution in [-0.2, 0) is 4.74 Å². The predicted octanol–water partition coefficient (Wildman–Crippen LogP) is 4.02. The fourth-order valence-electron chi connectivity index (χ4n) is 5.52. The normalized spacial score (nSPS) is 17.8. The number of nitrogens with one attached hydrogen (secondary N) is 1. The van der Waals surface area contributed by atoms with Gasteiger partial charge in [-0.25, -0.2) is 9.31 Å². The van der Waals surface area contributed by atoms with E-state index in [2.05, 4.69) is 76.7 Å². The summed E-state index contributed by atoms with van der Waals surface area (Å²) in [4.78, 5) is 19.0. The number of carbonyl (C=O) groups excluding carboxylic acids is 1. The van der Waals surface area contributed by atoms with Gasteiger partial charge in [-0.2, -0.15) is 5.10 Å². The third kappa shape index (κ3) is 5.20. The zero-order valence-corrected chi connectivity index (χ0v) is 21.7. The van der Waals surface area contributed by atoms with Crippen LogP contribution in [0.5, 0.6) is 0 Å². The molecule has 5 rings (SSSR count). The molecule has 192 valence electrons. The van der Waals surface area contributed by atoms with Crippen LogP contribution in [0.15, 0.2) is 48.8 Å². The topological polar surface area (TPSA) is 65.3 Å². The van der Waals surface area contributed by atoms with Crippen LogP contribution < -0.4 is 10.2 Å². The molecule has 1 aromatic carbocycles. The number of piperazine rings is 1. The number of fused-ring (bicyclic) bond motifs is 1. The molecule has 0 unspecified atom stereocenters. The van der Waals surface area contributed by atoms with E-state index in [1.807, 2.05) is 15.6 Å². The Morgan fingerprint density at radius 1 is 1.03 bits per heavy atom. The van der Waals surface area contributed by atoms with E-state index >= 15 is 0 Å². The summed E-state index contributed by atoms with van der Waals surface area (Å²) in [5, 5.41) is 7.34. The molecule has 2 aliphatic heterocycles. The number of amides is 2. The van der Waals surface area contributed by atoms with Gasteiger partial charge in [0.1, 0.15) is 6.73 Å². The first-order valence-corrected chi connectivity index (χ1v) is 13.1. The molecule has 2 amide bonds. The molecule has 0 radical (unpaired) electrons. The van der Waals surface area contributed by atoms with E-state index in [4.69, 9.17) is 4.74 Å². The third-order valence-corrected chi connectivity index (χ3v) is 7.74. The smallest absolute Gasteiger partial charge is 0.319 e. The Morgan fingerprint density at radius 3 is 2.42 bits per heavy atom. The van der Waals surface area contributed by atoms with Crippen molar-refractivity contribution in [1.82, 2.24) is 24.7 Å². The third-order valence-electron chi connectivity index (χ3n) is 7.74. The number of piperidine rings is 1. The molecule has 4 heterocycles. The largest absolute Gasteiger partial charge is 0.366 e. The Labute approximate surface area is 213 Å². The summed E-state index contributed by atoms with van der Waals surface area (Å²) in [6.07, 6.45) is 6.45. The summed E-state index contributed by atoms with van der Waals surface area (Å²) in [5.74, 6) is 0.658. The number of nitrogens with zero attached hydrogens (tertiary/aromatic N) is 5. The Morgan fingerprint density at radius 2 is 1.75 bits per heavy atom. The molecule has 2 aliphatic rings. The summed E-state index contributed by atoms with van der Waals surface area (Å²) in [5.41, 5.74) is 6.09. The highest BCUT2D eigenvalue weighted by Crippen LogP contribution is 2.32. The van der Waals surface area contributed by atoms with Gasteiger partial charge >= 0.3 is 6.03 Å². The minimum absolute atomic E-state index is 0.0738. The van der Waals surface area contributed by atoms with Crippen molar-refractivity contribution in [3.63, 3.8) is 0 Å². The van der Waals surface area contributed by atoms with Gasteiger partial charge < -0.3 is 24.8 Å². The number of hydrogen-bond donors (Lipinski definition) is 1. The monoisotopic (exact) mass is 490 g/mol. The van der Waals surface area contributed by atoms with Crippen molar-refractivity contribution in [3.05, 3.63) is 54.4 Å². The highest BCUT2D eigenvalue weighted by atomic mass is 16.5. The van der Waals surface area contributed by atoms with Gasteiger partial charge in [0.15, 0.2) is 0 Å². The van der Waals surface area contributed by atoms with Crippen molar-refractivity contribution in [2.45, 2.75) is 38.6 Å². The molecule has 0 saturated carbocycles. The number of rotatable bonds is 6. The number of likely N-dealkylation sites (tertiary alicyclic amines) is 1. The van der Waals surface area contributed by atoms with E-state index in [0.29, 0.717) is 25.0 Å². The second-order valence-corrected chi connectivity index (χ2v) is 10.2. The fraction of sp³-hybridized carbons (Fsp3) is 0.500. The standard InChI is InChI=1S/C28H38N6O2/c1-21(2)31-12-9-24(10-13-31)22-4-6-23(7-5-22)25-18-27-26(8-11-30-34(27)19-25)32-14-16-33(17-15-32)28(35)29-20-36-3/h4-8,11,18-19,21,24H,9-10,12-17,20H2,1-3H3,(H,29,35).